The Balaban J connectivity index is 2.17. The predicted octanol–water partition coefficient (Wildman–Crippen LogP) is 2.51. The molecule has 0 aliphatic rings. The van der Waals surface area contributed by atoms with Gasteiger partial charge < -0.3 is 10.1 Å². The lowest BCUT2D eigenvalue weighted by atomic mass is 10.1. The molecule has 0 bridgehead atoms. The number of anilines is 1. The van der Waals surface area contributed by atoms with Gasteiger partial charge in [0.25, 0.3) is 5.91 Å². The van der Waals surface area contributed by atoms with Crippen molar-refractivity contribution in [1.82, 2.24) is 5.32 Å². The summed E-state index contributed by atoms with van der Waals surface area (Å²) >= 11 is 0. The van der Waals surface area contributed by atoms with Crippen LogP contribution in [0.5, 0.6) is 5.75 Å². The van der Waals surface area contributed by atoms with E-state index in [-0.39, 0.29) is 19.0 Å². The number of rotatable bonds is 7. The zero-order valence-corrected chi connectivity index (χ0v) is 16.3. The van der Waals surface area contributed by atoms with Crippen molar-refractivity contribution in [1.29, 1.82) is 0 Å². The Kier molecular flexibility index (Phi) is 6.26. The number of nitrogens with zero attached hydrogens (tertiary/aromatic N) is 1. The van der Waals surface area contributed by atoms with E-state index in [9.17, 15) is 13.2 Å². The SMILES string of the molecule is COc1ccc(C)cc1N(CCNC(=O)c1ccccc1C)S(C)(=O)=O. The summed E-state index contributed by atoms with van der Waals surface area (Å²) < 4.78 is 31.1. The van der Waals surface area contributed by atoms with Crippen molar-refractivity contribution in [2.45, 2.75) is 13.8 Å². The number of carbonyl (C=O) groups excluding carboxylic acids is 1. The van der Waals surface area contributed by atoms with Crippen LogP contribution in [0.3, 0.4) is 0 Å². The average molecular weight is 376 g/mol. The number of ether oxygens (including phenoxy) is 1. The Bertz CT molecular complexity index is 894. The Hall–Kier alpha value is -2.54. The molecule has 26 heavy (non-hydrogen) atoms. The fourth-order valence-electron chi connectivity index (χ4n) is 2.65. The Labute approximate surface area is 154 Å². The van der Waals surface area contributed by atoms with E-state index in [1.54, 1.807) is 24.3 Å². The molecular weight excluding hydrogens is 352 g/mol. The molecule has 2 aromatic rings. The molecule has 0 unspecified atom stereocenters. The highest BCUT2D eigenvalue weighted by molar-refractivity contribution is 7.92. The summed E-state index contributed by atoms with van der Waals surface area (Å²) in [6.45, 7) is 4.02. The zero-order valence-electron chi connectivity index (χ0n) is 15.4. The number of carbonyl (C=O) groups is 1. The molecule has 0 saturated carbocycles. The van der Waals surface area contributed by atoms with E-state index in [1.165, 1.54) is 11.4 Å². The molecule has 2 rings (SSSR count). The highest BCUT2D eigenvalue weighted by atomic mass is 32.2. The quantitative estimate of drug-likeness (QED) is 0.806. The molecule has 0 radical (unpaired) electrons. The number of benzene rings is 2. The topological polar surface area (TPSA) is 75.7 Å². The minimum Gasteiger partial charge on any atom is -0.495 e. The van der Waals surface area contributed by atoms with E-state index >= 15 is 0 Å². The van der Waals surface area contributed by atoms with Crippen LogP contribution in [0.25, 0.3) is 0 Å². The molecule has 7 heteroatoms. The maximum Gasteiger partial charge on any atom is 0.251 e. The average Bonchev–Trinajstić information content (AvgIpc) is 2.57. The summed E-state index contributed by atoms with van der Waals surface area (Å²) in [5, 5.41) is 2.78. The lowest BCUT2D eigenvalue weighted by Gasteiger charge is -2.25. The fraction of sp³-hybridized carbons (Fsp3) is 0.316. The molecule has 0 aliphatic heterocycles. The van der Waals surface area contributed by atoms with Crippen molar-refractivity contribution < 1.29 is 17.9 Å². The van der Waals surface area contributed by atoms with Crippen LogP contribution >= 0.6 is 0 Å². The first-order valence-electron chi connectivity index (χ1n) is 8.20. The number of hydrogen-bond donors (Lipinski definition) is 1. The van der Waals surface area contributed by atoms with Crippen LogP contribution in [0.2, 0.25) is 0 Å². The van der Waals surface area contributed by atoms with Crippen molar-refractivity contribution in [3.8, 4) is 5.75 Å². The van der Waals surface area contributed by atoms with Crippen LogP contribution in [-0.4, -0.2) is 40.8 Å². The van der Waals surface area contributed by atoms with E-state index in [2.05, 4.69) is 5.32 Å². The number of methoxy groups -OCH3 is 1. The minimum atomic E-state index is -3.54. The van der Waals surface area contributed by atoms with Gasteiger partial charge in [0.05, 0.1) is 25.6 Å². The third kappa shape index (κ3) is 4.76. The molecule has 0 fully saturated rings. The van der Waals surface area contributed by atoms with E-state index in [4.69, 9.17) is 4.74 Å². The Morgan fingerprint density at radius 1 is 1.15 bits per heavy atom. The second-order valence-electron chi connectivity index (χ2n) is 6.08. The number of hydrogen-bond acceptors (Lipinski definition) is 4. The summed E-state index contributed by atoms with van der Waals surface area (Å²) in [5.41, 5.74) is 2.82. The van der Waals surface area contributed by atoms with Gasteiger partial charge >= 0.3 is 0 Å². The summed E-state index contributed by atoms with van der Waals surface area (Å²) in [6.07, 6.45) is 1.14. The lowest BCUT2D eigenvalue weighted by Crippen LogP contribution is -2.38. The van der Waals surface area contributed by atoms with Gasteiger partial charge in [-0.25, -0.2) is 8.42 Å². The summed E-state index contributed by atoms with van der Waals surface area (Å²) in [4.78, 5) is 12.3. The maximum atomic E-state index is 12.3. The molecule has 0 aliphatic carbocycles. The van der Waals surface area contributed by atoms with Gasteiger partial charge in [-0.3, -0.25) is 9.10 Å². The van der Waals surface area contributed by atoms with Gasteiger partial charge in [0.2, 0.25) is 10.0 Å². The number of sulfonamides is 1. The van der Waals surface area contributed by atoms with Gasteiger partial charge in [-0.2, -0.15) is 0 Å². The summed E-state index contributed by atoms with van der Waals surface area (Å²) in [6, 6.07) is 12.6. The highest BCUT2D eigenvalue weighted by Crippen LogP contribution is 2.30. The van der Waals surface area contributed by atoms with Gasteiger partial charge in [0.1, 0.15) is 5.75 Å². The number of nitrogens with one attached hydrogen (secondary N) is 1. The van der Waals surface area contributed by atoms with Crippen LogP contribution in [-0.2, 0) is 10.0 Å². The molecule has 140 valence electrons. The van der Waals surface area contributed by atoms with E-state index in [0.717, 1.165) is 17.4 Å². The molecule has 1 N–H and O–H groups in total. The first-order chi connectivity index (χ1) is 12.2. The second-order valence-corrected chi connectivity index (χ2v) is 7.99. The zero-order chi connectivity index (χ0) is 19.3. The van der Waals surface area contributed by atoms with Gasteiger partial charge in [0, 0.05) is 12.1 Å². The summed E-state index contributed by atoms with van der Waals surface area (Å²) in [7, 11) is -2.04. The molecule has 0 aromatic heterocycles. The first kappa shape index (κ1) is 19.8. The largest absolute Gasteiger partial charge is 0.495 e. The van der Waals surface area contributed by atoms with Crippen LogP contribution in [0.15, 0.2) is 42.5 Å². The number of aryl methyl sites for hydroxylation is 2. The Morgan fingerprint density at radius 3 is 2.46 bits per heavy atom. The summed E-state index contributed by atoms with van der Waals surface area (Å²) in [5.74, 6) is 0.235. The lowest BCUT2D eigenvalue weighted by molar-refractivity contribution is 0.0954. The van der Waals surface area contributed by atoms with E-state index in [1.807, 2.05) is 32.0 Å². The molecule has 0 atom stereocenters. The molecule has 0 heterocycles. The maximum absolute atomic E-state index is 12.3. The van der Waals surface area contributed by atoms with Gasteiger partial charge in [-0.15, -0.1) is 0 Å². The molecule has 6 nitrogen and oxygen atoms in total. The van der Waals surface area contributed by atoms with Crippen LogP contribution in [0.4, 0.5) is 5.69 Å². The third-order valence-corrected chi connectivity index (χ3v) is 5.17. The molecule has 0 spiro atoms. The van der Waals surface area contributed by atoms with Gasteiger partial charge in [-0.05, 0) is 43.2 Å². The van der Waals surface area contributed by atoms with Gasteiger partial charge in [0.15, 0.2) is 0 Å². The van der Waals surface area contributed by atoms with Crippen LogP contribution in [0.1, 0.15) is 21.5 Å². The van der Waals surface area contributed by atoms with Crippen molar-refractivity contribution >= 4 is 21.6 Å². The van der Waals surface area contributed by atoms with Gasteiger partial charge in [-0.1, -0.05) is 24.3 Å². The minimum absolute atomic E-state index is 0.107. The predicted molar refractivity (Wildman–Crippen MR) is 103 cm³/mol. The third-order valence-electron chi connectivity index (χ3n) is 3.99. The van der Waals surface area contributed by atoms with E-state index in [0.29, 0.717) is 17.0 Å². The standard InChI is InChI=1S/C19H24N2O4S/c1-14-9-10-18(25-3)17(13-14)21(26(4,23)24)12-11-20-19(22)16-8-6-5-7-15(16)2/h5-10,13H,11-12H2,1-4H3,(H,20,22). The fourth-order valence-corrected chi connectivity index (χ4v) is 3.58. The van der Waals surface area contributed by atoms with E-state index < -0.39 is 10.0 Å². The normalized spacial score (nSPS) is 11.1. The monoisotopic (exact) mass is 376 g/mol. The number of amides is 1. The first-order valence-corrected chi connectivity index (χ1v) is 10.0. The van der Waals surface area contributed by atoms with Crippen molar-refractivity contribution in [2.24, 2.45) is 0 Å². The smallest absolute Gasteiger partial charge is 0.251 e. The molecule has 0 saturated heterocycles. The molecular formula is C19H24N2O4S. The van der Waals surface area contributed by atoms with Crippen molar-refractivity contribution in [3.05, 3.63) is 59.2 Å². The highest BCUT2D eigenvalue weighted by Gasteiger charge is 2.21. The second kappa shape index (κ2) is 8.23. The molecule has 1 amide bonds. The van der Waals surface area contributed by atoms with Crippen molar-refractivity contribution in [2.75, 3.05) is 30.8 Å². The van der Waals surface area contributed by atoms with Crippen LogP contribution in [0, 0.1) is 13.8 Å². The Morgan fingerprint density at radius 2 is 1.85 bits per heavy atom. The van der Waals surface area contributed by atoms with Crippen LogP contribution < -0.4 is 14.4 Å². The molecule has 2 aromatic carbocycles. The van der Waals surface area contributed by atoms with Crippen molar-refractivity contribution in [3.63, 3.8) is 0 Å².